The molecule has 0 spiro atoms. The average Bonchev–Trinajstić information content (AvgIpc) is 2.30. The predicted molar refractivity (Wildman–Crippen MR) is 61.3 cm³/mol. The monoisotopic (exact) mass is 235 g/mol. The summed E-state index contributed by atoms with van der Waals surface area (Å²) in [6.45, 7) is 2.61. The van der Waals surface area contributed by atoms with E-state index in [2.05, 4.69) is 4.98 Å². The molecule has 1 aromatic rings. The third kappa shape index (κ3) is 2.06. The number of amides is 2. The molecule has 17 heavy (non-hydrogen) atoms. The second-order valence-corrected chi connectivity index (χ2v) is 3.61. The van der Waals surface area contributed by atoms with E-state index >= 15 is 0 Å². The zero-order valence-electron chi connectivity index (χ0n) is 9.47. The molecule has 2 rings (SSSR count). The second kappa shape index (κ2) is 4.40. The first-order valence-corrected chi connectivity index (χ1v) is 5.37. The van der Waals surface area contributed by atoms with Crippen LogP contribution in [0.4, 0.5) is 10.5 Å². The third-order valence-corrected chi connectivity index (χ3v) is 2.52. The highest BCUT2D eigenvalue weighted by atomic mass is 16.5. The van der Waals surface area contributed by atoms with Gasteiger partial charge in [-0.25, -0.2) is 9.78 Å². The van der Waals surface area contributed by atoms with Crippen LogP contribution in [0.2, 0.25) is 0 Å². The van der Waals surface area contributed by atoms with Gasteiger partial charge < -0.3 is 10.5 Å². The Bertz CT molecular complexity index is 473. The highest BCUT2D eigenvalue weighted by Crippen LogP contribution is 2.27. The Hall–Kier alpha value is -2.11. The van der Waals surface area contributed by atoms with Gasteiger partial charge in [-0.3, -0.25) is 9.69 Å². The van der Waals surface area contributed by atoms with Crippen LogP contribution in [0.5, 0.6) is 5.88 Å². The zero-order chi connectivity index (χ0) is 12.4. The van der Waals surface area contributed by atoms with E-state index in [0.29, 0.717) is 24.7 Å². The summed E-state index contributed by atoms with van der Waals surface area (Å²) in [6, 6.07) is 2.68. The molecule has 90 valence electrons. The van der Waals surface area contributed by atoms with Crippen molar-refractivity contribution in [3.8, 4) is 5.88 Å². The SMILES string of the molecule is CCOc1ccc2c(n1)C(=O)CCN2C(N)=O. The van der Waals surface area contributed by atoms with Gasteiger partial charge in [0.2, 0.25) is 5.88 Å². The minimum absolute atomic E-state index is 0.0981. The van der Waals surface area contributed by atoms with Crippen molar-refractivity contribution in [1.82, 2.24) is 4.98 Å². The minimum Gasteiger partial charge on any atom is -0.478 e. The molecule has 0 saturated carbocycles. The molecule has 6 nitrogen and oxygen atoms in total. The summed E-state index contributed by atoms with van der Waals surface area (Å²) in [4.78, 5) is 28.4. The number of Topliss-reactive ketones (excluding diaryl/α,β-unsaturated/α-hetero) is 1. The molecule has 0 atom stereocenters. The zero-order valence-corrected chi connectivity index (χ0v) is 9.47. The quantitative estimate of drug-likeness (QED) is 0.827. The average molecular weight is 235 g/mol. The molecule has 2 N–H and O–H groups in total. The molecule has 0 aromatic carbocycles. The molecule has 0 unspecified atom stereocenters. The molecule has 0 bridgehead atoms. The topological polar surface area (TPSA) is 85.5 Å². The van der Waals surface area contributed by atoms with Crippen molar-refractivity contribution in [2.75, 3.05) is 18.1 Å². The lowest BCUT2D eigenvalue weighted by Gasteiger charge is -2.26. The van der Waals surface area contributed by atoms with Gasteiger partial charge in [0.25, 0.3) is 0 Å². The molecular weight excluding hydrogens is 222 g/mol. The Kier molecular flexibility index (Phi) is 2.95. The van der Waals surface area contributed by atoms with Crippen LogP contribution in [0.15, 0.2) is 12.1 Å². The summed E-state index contributed by atoms with van der Waals surface area (Å²) in [5.74, 6) is 0.282. The lowest BCUT2D eigenvalue weighted by atomic mass is 10.1. The van der Waals surface area contributed by atoms with Gasteiger partial charge in [-0.15, -0.1) is 0 Å². The molecule has 1 aliphatic rings. The van der Waals surface area contributed by atoms with Gasteiger partial charge in [-0.1, -0.05) is 0 Å². The van der Waals surface area contributed by atoms with Gasteiger partial charge in [0, 0.05) is 19.0 Å². The highest BCUT2D eigenvalue weighted by Gasteiger charge is 2.27. The lowest BCUT2D eigenvalue weighted by Crippen LogP contribution is -2.41. The van der Waals surface area contributed by atoms with Crippen LogP contribution in [0, 0.1) is 0 Å². The van der Waals surface area contributed by atoms with E-state index < -0.39 is 6.03 Å². The van der Waals surface area contributed by atoms with Gasteiger partial charge in [0.1, 0.15) is 5.69 Å². The fourth-order valence-electron chi connectivity index (χ4n) is 1.77. The number of nitrogens with two attached hydrogens (primary N) is 1. The van der Waals surface area contributed by atoms with Crippen LogP contribution in [0.1, 0.15) is 23.8 Å². The van der Waals surface area contributed by atoms with E-state index in [1.807, 2.05) is 6.92 Å². The maximum atomic E-state index is 11.7. The number of anilines is 1. The number of hydrogen-bond donors (Lipinski definition) is 1. The number of primary amides is 1. The Labute approximate surface area is 98.4 Å². The molecular formula is C11H13N3O3. The van der Waals surface area contributed by atoms with E-state index in [-0.39, 0.29) is 17.9 Å². The number of carbonyl (C=O) groups excluding carboxylic acids is 2. The Morgan fingerprint density at radius 3 is 3.00 bits per heavy atom. The van der Waals surface area contributed by atoms with Gasteiger partial charge in [0.05, 0.1) is 12.3 Å². The molecule has 6 heteroatoms. The van der Waals surface area contributed by atoms with Crippen molar-refractivity contribution in [3.63, 3.8) is 0 Å². The van der Waals surface area contributed by atoms with Crippen molar-refractivity contribution < 1.29 is 14.3 Å². The van der Waals surface area contributed by atoms with Crippen LogP contribution in [0.25, 0.3) is 0 Å². The minimum atomic E-state index is -0.579. The highest BCUT2D eigenvalue weighted by molar-refractivity contribution is 6.06. The van der Waals surface area contributed by atoms with Crippen LogP contribution < -0.4 is 15.4 Å². The van der Waals surface area contributed by atoms with Gasteiger partial charge in [-0.2, -0.15) is 0 Å². The summed E-state index contributed by atoms with van der Waals surface area (Å²) in [5.41, 5.74) is 5.95. The number of rotatable bonds is 2. The van der Waals surface area contributed by atoms with Gasteiger partial charge >= 0.3 is 6.03 Å². The normalized spacial score (nSPS) is 14.4. The predicted octanol–water partition coefficient (Wildman–Crippen LogP) is 0.952. The Balaban J connectivity index is 2.44. The molecule has 0 radical (unpaired) electrons. The second-order valence-electron chi connectivity index (χ2n) is 3.61. The first kappa shape index (κ1) is 11.4. The summed E-state index contributed by atoms with van der Waals surface area (Å²) < 4.78 is 5.22. The Morgan fingerprint density at radius 2 is 2.35 bits per heavy atom. The molecule has 1 aromatic heterocycles. The summed E-state index contributed by atoms with van der Waals surface area (Å²) in [5, 5.41) is 0. The fourth-order valence-corrected chi connectivity index (χ4v) is 1.77. The molecule has 1 aliphatic heterocycles. The van der Waals surface area contributed by atoms with Gasteiger partial charge in [-0.05, 0) is 13.0 Å². The largest absolute Gasteiger partial charge is 0.478 e. The standard InChI is InChI=1S/C11H13N3O3/c1-2-17-9-4-3-7-10(13-9)8(15)5-6-14(7)11(12)16/h3-4H,2,5-6H2,1H3,(H2,12,16). The number of ketones is 1. The maximum Gasteiger partial charge on any atom is 0.319 e. The van der Waals surface area contributed by atoms with Crippen LogP contribution in [0.3, 0.4) is 0 Å². The van der Waals surface area contributed by atoms with Crippen LogP contribution in [-0.2, 0) is 0 Å². The molecule has 0 fully saturated rings. The van der Waals surface area contributed by atoms with Crippen LogP contribution in [-0.4, -0.2) is 29.9 Å². The number of pyridine rings is 1. The molecule has 2 heterocycles. The first-order valence-electron chi connectivity index (χ1n) is 5.37. The maximum absolute atomic E-state index is 11.7. The third-order valence-electron chi connectivity index (χ3n) is 2.52. The fraction of sp³-hybridized carbons (Fsp3) is 0.364. The number of hydrogen-bond acceptors (Lipinski definition) is 4. The van der Waals surface area contributed by atoms with Crippen molar-refractivity contribution in [2.45, 2.75) is 13.3 Å². The molecule has 2 amide bonds. The smallest absolute Gasteiger partial charge is 0.319 e. The summed E-state index contributed by atoms with van der Waals surface area (Å²) >= 11 is 0. The van der Waals surface area contributed by atoms with E-state index in [1.54, 1.807) is 12.1 Å². The number of urea groups is 1. The van der Waals surface area contributed by atoms with E-state index in [1.165, 1.54) is 4.90 Å². The van der Waals surface area contributed by atoms with Crippen molar-refractivity contribution >= 4 is 17.5 Å². The van der Waals surface area contributed by atoms with Gasteiger partial charge in [0.15, 0.2) is 5.78 Å². The van der Waals surface area contributed by atoms with E-state index in [0.717, 1.165) is 0 Å². The van der Waals surface area contributed by atoms with Crippen molar-refractivity contribution in [2.24, 2.45) is 5.73 Å². The number of aromatic nitrogens is 1. The lowest BCUT2D eigenvalue weighted by molar-refractivity contribution is 0.0975. The number of fused-ring (bicyclic) bond motifs is 1. The van der Waals surface area contributed by atoms with E-state index in [9.17, 15) is 9.59 Å². The summed E-state index contributed by atoms with van der Waals surface area (Å²) in [7, 11) is 0. The molecule has 0 aliphatic carbocycles. The number of ether oxygens (including phenoxy) is 1. The summed E-state index contributed by atoms with van der Waals surface area (Å²) in [6.07, 6.45) is 0.235. The van der Waals surface area contributed by atoms with Crippen molar-refractivity contribution in [3.05, 3.63) is 17.8 Å². The Morgan fingerprint density at radius 1 is 1.59 bits per heavy atom. The van der Waals surface area contributed by atoms with E-state index in [4.69, 9.17) is 10.5 Å². The molecule has 0 saturated heterocycles. The van der Waals surface area contributed by atoms with Crippen LogP contribution >= 0.6 is 0 Å². The first-order chi connectivity index (χ1) is 8.13. The van der Waals surface area contributed by atoms with Crippen molar-refractivity contribution in [1.29, 1.82) is 0 Å². The number of carbonyl (C=O) groups is 2. The number of nitrogens with zero attached hydrogens (tertiary/aromatic N) is 2.